The van der Waals surface area contributed by atoms with Crippen LogP contribution in [0.15, 0.2) is 42.5 Å². The molecule has 0 saturated carbocycles. The SMILES string of the molecule is Cc1ccc(N2C(=S)NC3CC2(C)Oc2ccccc23)cc1C. The molecular formula is C19H20N2OS. The predicted octanol–water partition coefficient (Wildman–Crippen LogP) is 4.24. The fourth-order valence-corrected chi connectivity index (χ4v) is 4.02. The molecule has 2 aliphatic rings. The molecule has 4 rings (SSSR count). The number of nitrogens with zero attached hydrogens (tertiary/aromatic N) is 1. The Morgan fingerprint density at radius 2 is 1.96 bits per heavy atom. The van der Waals surface area contributed by atoms with Gasteiger partial charge in [-0.2, -0.15) is 0 Å². The average Bonchev–Trinajstić information content (AvgIpc) is 2.50. The van der Waals surface area contributed by atoms with Gasteiger partial charge in [0, 0.05) is 17.7 Å². The van der Waals surface area contributed by atoms with Crippen molar-refractivity contribution in [3.8, 4) is 5.75 Å². The molecule has 23 heavy (non-hydrogen) atoms. The quantitative estimate of drug-likeness (QED) is 0.793. The summed E-state index contributed by atoms with van der Waals surface area (Å²) in [7, 11) is 0. The van der Waals surface area contributed by atoms with E-state index in [9.17, 15) is 0 Å². The summed E-state index contributed by atoms with van der Waals surface area (Å²) < 4.78 is 6.40. The second kappa shape index (κ2) is 4.96. The normalized spacial score (nSPS) is 25.4. The monoisotopic (exact) mass is 324 g/mol. The third kappa shape index (κ3) is 2.20. The number of hydrogen-bond acceptors (Lipinski definition) is 2. The van der Waals surface area contributed by atoms with Gasteiger partial charge in [-0.3, -0.25) is 4.90 Å². The fraction of sp³-hybridized carbons (Fsp3) is 0.316. The van der Waals surface area contributed by atoms with Crippen LogP contribution in [-0.4, -0.2) is 10.8 Å². The van der Waals surface area contributed by atoms with Crippen LogP contribution in [-0.2, 0) is 0 Å². The third-order valence-corrected chi connectivity index (χ3v) is 5.23. The van der Waals surface area contributed by atoms with Crippen molar-refractivity contribution in [3.63, 3.8) is 0 Å². The molecule has 2 aromatic carbocycles. The lowest BCUT2D eigenvalue weighted by Crippen LogP contribution is -2.65. The minimum atomic E-state index is -0.469. The fourth-order valence-electron chi connectivity index (χ4n) is 3.58. The minimum Gasteiger partial charge on any atom is -0.467 e. The molecule has 0 spiro atoms. The summed E-state index contributed by atoms with van der Waals surface area (Å²) >= 11 is 5.68. The number of thiocarbonyl (C=S) groups is 1. The summed E-state index contributed by atoms with van der Waals surface area (Å²) in [6.45, 7) is 6.37. The van der Waals surface area contributed by atoms with E-state index in [0.717, 1.165) is 23.0 Å². The highest BCUT2D eigenvalue weighted by molar-refractivity contribution is 7.80. The molecule has 4 heteroatoms. The summed E-state index contributed by atoms with van der Waals surface area (Å²) in [5.41, 5.74) is 4.33. The molecule has 0 radical (unpaired) electrons. The highest BCUT2D eigenvalue weighted by Gasteiger charge is 2.48. The maximum Gasteiger partial charge on any atom is 0.188 e. The van der Waals surface area contributed by atoms with Crippen molar-refractivity contribution in [2.24, 2.45) is 0 Å². The van der Waals surface area contributed by atoms with Gasteiger partial charge in [-0.15, -0.1) is 0 Å². The maximum absolute atomic E-state index is 6.40. The molecule has 2 bridgehead atoms. The van der Waals surface area contributed by atoms with Gasteiger partial charge in [-0.25, -0.2) is 0 Å². The Morgan fingerprint density at radius 3 is 2.74 bits per heavy atom. The summed E-state index contributed by atoms with van der Waals surface area (Å²) in [5.74, 6) is 0.940. The Kier molecular flexibility index (Phi) is 3.13. The standard InChI is InChI=1S/C19H20N2OS/c1-12-8-9-14(10-13(12)2)21-18(23)20-16-11-19(21,3)22-17-7-5-4-6-15(16)17/h4-10,16H,11H2,1-3H3,(H,20,23). The number of para-hydroxylation sites is 1. The van der Waals surface area contributed by atoms with Crippen molar-refractivity contribution in [2.45, 2.75) is 39.0 Å². The van der Waals surface area contributed by atoms with E-state index in [1.807, 2.05) is 18.2 Å². The highest BCUT2D eigenvalue weighted by atomic mass is 32.1. The van der Waals surface area contributed by atoms with Crippen LogP contribution < -0.4 is 15.0 Å². The number of rotatable bonds is 1. The molecule has 3 nitrogen and oxygen atoms in total. The van der Waals surface area contributed by atoms with Gasteiger partial charge in [0.2, 0.25) is 0 Å². The molecule has 2 aromatic rings. The first-order chi connectivity index (χ1) is 11.0. The first-order valence-corrected chi connectivity index (χ1v) is 8.35. The molecule has 0 amide bonds. The molecule has 0 aromatic heterocycles. The van der Waals surface area contributed by atoms with Crippen LogP contribution in [0.25, 0.3) is 0 Å². The Hall–Kier alpha value is -2.07. The van der Waals surface area contributed by atoms with Crippen LogP contribution in [0.3, 0.4) is 0 Å². The van der Waals surface area contributed by atoms with Crippen LogP contribution in [0.2, 0.25) is 0 Å². The molecule has 1 fully saturated rings. The topological polar surface area (TPSA) is 24.5 Å². The largest absolute Gasteiger partial charge is 0.467 e. The maximum atomic E-state index is 6.40. The van der Waals surface area contributed by atoms with Crippen molar-refractivity contribution in [1.29, 1.82) is 0 Å². The van der Waals surface area contributed by atoms with Crippen LogP contribution in [0, 0.1) is 13.8 Å². The van der Waals surface area contributed by atoms with Gasteiger partial charge in [-0.05, 0) is 62.3 Å². The van der Waals surface area contributed by atoms with E-state index in [1.165, 1.54) is 16.7 Å². The zero-order chi connectivity index (χ0) is 16.2. The Balaban J connectivity index is 1.81. The van der Waals surface area contributed by atoms with E-state index in [2.05, 4.69) is 55.3 Å². The van der Waals surface area contributed by atoms with Gasteiger partial charge < -0.3 is 10.1 Å². The number of fused-ring (bicyclic) bond motifs is 4. The molecule has 118 valence electrons. The molecular weight excluding hydrogens is 304 g/mol. The van der Waals surface area contributed by atoms with Crippen LogP contribution in [0.1, 0.15) is 36.1 Å². The first kappa shape index (κ1) is 14.5. The lowest BCUT2D eigenvalue weighted by atomic mass is 9.90. The average molecular weight is 324 g/mol. The highest BCUT2D eigenvalue weighted by Crippen LogP contribution is 2.45. The summed E-state index contributed by atoms with van der Waals surface area (Å²) in [4.78, 5) is 2.11. The number of hydrogen-bond donors (Lipinski definition) is 1. The number of ether oxygens (including phenoxy) is 1. The first-order valence-electron chi connectivity index (χ1n) is 7.94. The molecule has 2 heterocycles. The number of nitrogens with one attached hydrogen (secondary N) is 1. The van der Waals surface area contributed by atoms with E-state index in [1.54, 1.807) is 0 Å². The molecule has 0 aliphatic carbocycles. The Morgan fingerprint density at radius 1 is 1.17 bits per heavy atom. The van der Waals surface area contributed by atoms with Crippen LogP contribution >= 0.6 is 12.2 Å². The van der Waals surface area contributed by atoms with Crippen molar-refractivity contribution in [3.05, 3.63) is 59.2 Å². The zero-order valence-corrected chi connectivity index (χ0v) is 14.4. The molecule has 2 aliphatic heterocycles. The van der Waals surface area contributed by atoms with Crippen molar-refractivity contribution < 1.29 is 4.74 Å². The van der Waals surface area contributed by atoms with Crippen LogP contribution in [0.4, 0.5) is 5.69 Å². The third-order valence-electron chi connectivity index (χ3n) is 4.93. The van der Waals surface area contributed by atoms with E-state index in [4.69, 9.17) is 17.0 Å². The van der Waals surface area contributed by atoms with Crippen molar-refractivity contribution in [2.75, 3.05) is 4.90 Å². The molecule has 2 unspecified atom stereocenters. The van der Waals surface area contributed by atoms with E-state index in [0.29, 0.717) is 0 Å². The van der Waals surface area contributed by atoms with Gasteiger partial charge in [0.05, 0.1) is 6.04 Å². The lowest BCUT2D eigenvalue weighted by molar-refractivity contribution is 0.0498. The minimum absolute atomic E-state index is 0.209. The zero-order valence-electron chi connectivity index (χ0n) is 13.6. The van der Waals surface area contributed by atoms with Gasteiger partial charge in [-0.1, -0.05) is 24.3 Å². The summed E-state index contributed by atoms with van der Waals surface area (Å²) in [6.07, 6.45) is 0.858. The second-order valence-electron chi connectivity index (χ2n) is 6.63. The second-order valence-corrected chi connectivity index (χ2v) is 7.01. The van der Waals surface area contributed by atoms with Gasteiger partial charge in [0.1, 0.15) is 5.75 Å². The number of aryl methyl sites for hydroxylation is 2. The molecule has 1 saturated heterocycles. The van der Waals surface area contributed by atoms with Crippen LogP contribution in [0.5, 0.6) is 5.75 Å². The Bertz CT molecular complexity index is 804. The van der Waals surface area contributed by atoms with Gasteiger partial charge >= 0.3 is 0 Å². The van der Waals surface area contributed by atoms with Gasteiger partial charge in [0.15, 0.2) is 10.8 Å². The Labute approximate surface area is 142 Å². The summed E-state index contributed by atoms with van der Waals surface area (Å²) in [6, 6.07) is 14.9. The van der Waals surface area contributed by atoms with E-state index in [-0.39, 0.29) is 6.04 Å². The summed E-state index contributed by atoms with van der Waals surface area (Å²) in [5, 5.41) is 4.21. The smallest absolute Gasteiger partial charge is 0.188 e. The lowest BCUT2D eigenvalue weighted by Gasteiger charge is -2.52. The van der Waals surface area contributed by atoms with E-state index < -0.39 is 5.72 Å². The van der Waals surface area contributed by atoms with Crippen molar-refractivity contribution >= 4 is 23.0 Å². The number of anilines is 1. The molecule has 1 N–H and O–H groups in total. The molecule has 2 atom stereocenters. The predicted molar refractivity (Wildman–Crippen MR) is 97.0 cm³/mol. The van der Waals surface area contributed by atoms with Gasteiger partial charge in [0.25, 0.3) is 0 Å². The van der Waals surface area contributed by atoms with E-state index >= 15 is 0 Å². The number of benzene rings is 2. The van der Waals surface area contributed by atoms with Crippen molar-refractivity contribution in [1.82, 2.24) is 5.32 Å².